The lowest BCUT2D eigenvalue weighted by Crippen LogP contribution is -2.59. The number of carbonyl (C=O) groups is 1. The van der Waals surface area contributed by atoms with Gasteiger partial charge >= 0.3 is 0 Å². The van der Waals surface area contributed by atoms with Crippen LogP contribution >= 0.6 is 0 Å². The SMILES string of the molecule is COc1ccc([C@H]2[C@@H](O)C(=O)N2c2cc(OC)c(OC)c(OC)c2)cc1O. The van der Waals surface area contributed by atoms with Crippen molar-refractivity contribution in [3.05, 3.63) is 35.9 Å². The van der Waals surface area contributed by atoms with Crippen LogP contribution in [0, 0.1) is 0 Å². The Morgan fingerprint density at radius 3 is 1.96 bits per heavy atom. The number of hydrogen-bond acceptors (Lipinski definition) is 7. The van der Waals surface area contributed by atoms with Gasteiger partial charge in [0.1, 0.15) is 0 Å². The number of benzene rings is 2. The Balaban J connectivity index is 2.05. The molecular formula is C19H21NO7. The van der Waals surface area contributed by atoms with Gasteiger partial charge < -0.3 is 29.2 Å². The van der Waals surface area contributed by atoms with Crippen molar-refractivity contribution >= 4 is 11.6 Å². The number of ether oxygens (including phenoxy) is 4. The van der Waals surface area contributed by atoms with Gasteiger partial charge in [-0.1, -0.05) is 6.07 Å². The molecule has 1 heterocycles. The molecule has 0 aromatic heterocycles. The second kappa shape index (κ2) is 7.24. The highest BCUT2D eigenvalue weighted by molar-refractivity contribution is 6.05. The van der Waals surface area contributed by atoms with E-state index in [1.165, 1.54) is 39.4 Å². The number of hydrogen-bond donors (Lipinski definition) is 2. The third-order valence-electron chi connectivity index (χ3n) is 4.54. The summed E-state index contributed by atoms with van der Waals surface area (Å²) in [6, 6.07) is 7.31. The maximum atomic E-state index is 12.4. The summed E-state index contributed by atoms with van der Waals surface area (Å²) in [5.74, 6) is 0.930. The molecule has 8 nitrogen and oxygen atoms in total. The van der Waals surface area contributed by atoms with Crippen molar-refractivity contribution in [2.45, 2.75) is 12.1 Å². The Hall–Kier alpha value is -3.13. The van der Waals surface area contributed by atoms with Crippen molar-refractivity contribution < 1.29 is 34.0 Å². The molecule has 27 heavy (non-hydrogen) atoms. The first kappa shape index (κ1) is 18.7. The van der Waals surface area contributed by atoms with Crippen LogP contribution in [0.15, 0.2) is 30.3 Å². The van der Waals surface area contributed by atoms with Gasteiger partial charge in [0.15, 0.2) is 29.1 Å². The van der Waals surface area contributed by atoms with Crippen molar-refractivity contribution in [3.8, 4) is 28.7 Å². The van der Waals surface area contributed by atoms with Crippen LogP contribution in [0.4, 0.5) is 5.69 Å². The highest BCUT2D eigenvalue weighted by Crippen LogP contribution is 2.47. The quantitative estimate of drug-likeness (QED) is 0.744. The zero-order valence-corrected chi connectivity index (χ0v) is 15.4. The summed E-state index contributed by atoms with van der Waals surface area (Å²) in [5.41, 5.74) is 1.04. The minimum atomic E-state index is -1.23. The molecule has 0 spiro atoms. The molecule has 1 aliphatic heterocycles. The number of nitrogens with zero attached hydrogens (tertiary/aromatic N) is 1. The van der Waals surface area contributed by atoms with Gasteiger partial charge in [0.25, 0.3) is 5.91 Å². The molecule has 0 unspecified atom stereocenters. The van der Waals surface area contributed by atoms with Crippen LogP contribution in [0.25, 0.3) is 0 Å². The van der Waals surface area contributed by atoms with Gasteiger partial charge in [0.05, 0.1) is 40.2 Å². The Morgan fingerprint density at radius 1 is 0.889 bits per heavy atom. The van der Waals surface area contributed by atoms with Crippen LogP contribution in [0.5, 0.6) is 28.7 Å². The van der Waals surface area contributed by atoms with Gasteiger partial charge in [-0.15, -0.1) is 0 Å². The number of rotatable bonds is 6. The third kappa shape index (κ3) is 2.97. The number of carbonyl (C=O) groups excluding carboxylic acids is 1. The van der Waals surface area contributed by atoms with Crippen LogP contribution < -0.4 is 23.8 Å². The van der Waals surface area contributed by atoms with Gasteiger partial charge in [-0.25, -0.2) is 0 Å². The predicted molar refractivity (Wildman–Crippen MR) is 97.0 cm³/mol. The Morgan fingerprint density at radius 2 is 1.48 bits per heavy atom. The van der Waals surface area contributed by atoms with Crippen LogP contribution in [-0.2, 0) is 4.79 Å². The summed E-state index contributed by atoms with van der Waals surface area (Å²) < 4.78 is 21.0. The average molecular weight is 375 g/mol. The van der Waals surface area contributed by atoms with Gasteiger partial charge in [-0.05, 0) is 17.7 Å². The summed E-state index contributed by atoms with van der Waals surface area (Å²) in [6.45, 7) is 0. The molecule has 0 saturated carbocycles. The first-order valence-electron chi connectivity index (χ1n) is 8.14. The second-order valence-corrected chi connectivity index (χ2v) is 5.91. The lowest BCUT2D eigenvalue weighted by Gasteiger charge is -2.44. The van der Waals surface area contributed by atoms with Gasteiger partial charge in [0, 0.05) is 12.1 Å². The third-order valence-corrected chi connectivity index (χ3v) is 4.54. The van der Waals surface area contributed by atoms with Crippen LogP contribution in [0.2, 0.25) is 0 Å². The monoisotopic (exact) mass is 375 g/mol. The first-order chi connectivity index (χ1) is 13.0. The van der Waals surface area contributed by atoms with Crippen molar-refractivity contribution in [1.82, 2.24) is 0 Å². The van der Waals surface area contributed by atoms with Crippen LogP contribution in [-0.4, -0.2) is 50.7 Å². The zero-order valence-electron chi connectivity index (χ0n) is 15.4. The first-order valence-corrected chi connectivity index (χ1v) is 8.14. The summed E-state index contributed by atoms with van der Waals surface area (Å²) in [4.78, 5) is 13.8. The molecule has 2 aromatic rings. The fourth-order valence-electron chi connectivity index (χ4n) is 3.19. The fraction of sp³-hybridized carbons (Fsp3) is 0.316. The van der Waals surface area contributed by atoms with Gasteiger partial charge in [-0.3, -0.25) is 9.69 Å². The van der Waals surface area contributed by atoms with Crippen molar-refractivity contribution in [1.29, 1.82) is 0 Å². The number of methoxy groups -OCH3 is 4. The standard InChI is InChI=1S/C19H21NO7/c1-24-13-6-5-10(7-12(13)21)16-17(22)19(23)20(16)11-8-14(25-2)18(27-4)15(9-11)26-3/h5-9,16-17,21-22H,1-4H3/t16-,17+/m0/s1. The average Bonchev–Trinajstić information content (AvgIpc) is 2.69. The normalized spacial score (nSPS) is 18.7. The smallest absolute Gasteiger partial charge is 0.259 e. The summed E-state index contributed by atoms with van der Waals surface area (Å²) in [6.07, 6.45) is -1.23. The Bertz CT molecular complexity index is 842. The predicted octanol–water partition coefficient (Wildman–Crippen LogP) is 1.88. The molecule has 1 saturated heterocycles. The van der Waals surface area contributed by atoms with E-state index in [0.29, 0.717) is 34.2 Å². The molecule has 8 heteroatoms. The second-order valence-electron chi connectivity index (χ2n) is 5.91. The summed E-state index contributed by atoms with van der Waals surface area (Å²) >= 11 is 0. The van der Waals surface area contributed by atoms with E-state index in [-0.39, 0.29) is 5.75 Å². The highest BCUT2D eigenvalue weighted by Gasteiger charge is 2.48. The van der Waals surface area contributed by atoms with Crippen molar-refractivity contribution in [2.24, 2.45) is 0 Å². The van der Waals surface area contributed by atoms with E-state index in [9.17, 15) is 15.0 Å². The number of amides is 1. The minimum absolute atomic E-state index is 0.0774. The molecule has 0 aliphatic carbocycles. The molecule has 3 rings (SSSR count). The molecule has 1 amide bonds. The van der Waals surface area contributed by atoms with Crippen LogP contribution in [0.3, 0.4) is 0 Å². The van der Waals surface area contributed by atoms with E-state index >= 15 is 0 Å². The molecule has 0 radical (unpaired) electrons. The maximum absolute atomic E-state index is 12.4. The molecule has 1 aliphatic rings. The van der Waals surface area contributed by atoms with E-state index in [2.05, 4.69) is 0 Å². The number of aliphatic hydroxyl groups is 1. The number of phenolic OH excluding ortho intramolecular Hbond substituents is 1. The molecule has 2 atom stereocenters. The topological polar surface area (TPSA) is 97.7 Å². The lowest BCUT2D eigenvalue weighted by atomic mass is 9.89. The number of aliphatic hydroxyl groups excluding tert-OH is 1. The molecule has 144 valence electrons. The van der Waals surface area contributed by atoms with Crippen LogP contribution in [0.1, 0.15) is 11.6 Å². The molecule has 2 aromatic carbocycles. The largest absolute Gasteiger partial charge is 0.504 e. The lowest BCUT2D eigenvalue weighted by molar-refractivity contribution is -0.137. The maximum Gasteiger partial charge on any atom is 0.259 e. The molecule has 0 bridgehead atoms. The van der Waals surface area contributed by atoms with Crippen molar-refractivity contribution in [2.75, 3.05) is 33.3 Å². The summed E-state index contributed by atoms with van der Waals surface area (Å²) in [5, 5.41) is 20.3. The fourth-order valence-corrected chi connectivity index (χ4v) is 3.19. The van der Waals surface area contributed by atoms with Crippen molar-refractivity contribution in [3.63, 3.8) is 0 Å². The summed E-state index contributed by atoms with van der Waals surface area (Å²) in [7, 11) is 5.89. The Kier molecular flexibility index (Phi) is 5.00. The zero-order chi connectivity index (χ0) is 19.7. The molecule has 1 fully saturated rings. The van der Waals surface area contributed by atoms with E-state index < -0.39 is 18.1 Å². The van der Waals surface area contributed by atoms with Gasteiger partial charge in [-0.2, -0.15) is 0 Å². The minimum Gasteiger partial charge on any atom is -0.504 e. The van der Waals surface area contributed by atoms with E-state index in [0.717, 1.165) is 0 Å². The van der Waals surface area contributed by atoms with E-state index in [4.69, 9.17) is 18.9 Å². The number of aromatic hydroxyl groups is 1. The molecule has 2 N–H and O–H groups in total. The highest BCUT2D eigenvalue weighted by atomic mass is 16.5. The van der Waals surface area contributed by atoms with Gasteiger partial charge in [0.2, 0.25) is 5.75 Å². The number of β-lactam (4-membered cyclic amide) rings is 1. The van der Waals surface area contributed by atoms with E-state index in [1.807, 2.05) is 0 Å². The Labute approximate surface area is 156 Å². The van der Waals surface area contributed by atoms with E-state index in [1.54, 1.807) is 24.3 Å². The molecular weight excluding hydrogens is 354 g/mol. The number of phenols is 1. The number of anilines is 1.